The summed E-state index contributed by atoms with van der Waals surface area (Å²) in [5.74, 6) is 1.14. The van der Waals surface area contributed by atoms with Crippen molar-refractivity contribution < 1.29 is 4.74 Å². The highest BCUT2D eigenvalue weighted by Gasteiger charge is 2.24. The molecule has 3 nitrogen and oxygen atoms in total. The van der Waals surface area contributed by atoms with E-state index in [9.17, 15) is 5.26 Å². The SMILES string of the molecule is CNC(c1ccc(OC(C)C)cc1)C(C#N)C(C)C. The van der Waals surface area contributed by atoms with E-state index < -0.39 is 0 Å². The summed E-state index contributed by atoms with van der Waals surface area (Å²) in [5.41, 5.74) is 1.12. The number of ether oxygens (including phenoxy) is 1. The number of hydrogen-bond donors (Lipinski definition) is 1. The minimum absolute atomic E-state index is 0.0399. The molecule has 0 spiro atoms. The standard InChI is InChI=1S/C16H24N2O/c1-11(2)15(10-17)16(18-5)13-6-8-14(9-7-13)19-12(3)4/h6-9,11-12,15-16,18H,1-5H3. The monoisotopic (exact) mass is 260 g/mol. The van der Waals surface area contributed by atoms with E-state index in [0.717, 1.165) is 11.3 Å². The van der Waals surface area contributed by atoms with Gasteiger partial charge in [-0.15, -0.1) is 0 Å². The average molecular weight is 260 g/mol. The first-order valence-corrected chi connectivity index (χ1v) is 6.83. The van der Waals surface area contributed by atoms with Crippen molar-refractivity contribution >= 4 is 0 Å². The van der Waals surface area contributed by atoms with E-state index >= 15 is 0 Å². The molecule has 0 saturated heterocycles. The van der Waals surface area contributed by atoms with Crippen LogP contribution in [0.2, 0.25) is 0 Å². The van der Waals surface area contributed by atoms with E-state index in [0.29, 0.717) is 5.92 Å². The molecule has 0 radical (unpaired) electrons. The van der Waals surface area contributed by atoms with Crippen molar-refractivity contribution in [2.45, 2.75) is 39.8 Å². The Kier molecular flexibility index (Phi) is 5.85. The zero-order chi connectivity index (χ0) is 14.4. The molecule has 0 bridgehead atoms. The molecule has 0 fully saturated rings. The summed E-state index contributed by atoms with van der Waals surface area (Å²) in [6, 6.07) is 10.5. The van der Waals surface area contributed by atoms with Crippen molar-refractivity contribution in [1.29, 1.82) is 5.26 Å². The first kappa shape index (κ1) is 15.5. The molecule has 0 saturated carbocycles. The number of nitrogens with one attached hydrogen (secondary N) is 1. The molecule has 0 aliphatic carbocycles. The van der Waals surface area contributed by atoms with Crippen molar-refractivity contribution in [2.75, 3.05) is 7.05 Å². The number of nitrogens with zero attached hydrogens (tertiary/aromatic N) is 1. The van der Waals surface area contributed by atoms with E-state index in [4.69, 9.17) is 4.74 Å². The Hall–Kier alpha value is -1.53. The van der Waals surface area contributed by atoms with Gasteiger partial charge in [-0.2, -0.15) is 5.26 Å². The van der Waals surface area contributed by atoms with Crippen LogP contribution in [0.1, 0.15) is 39.3 Å². The third kappa shape index (κ3) is 4.25. The molecule has 0 aliphatic rings. The maximum absolute atomic E-state index is 9.32. The van der Waals surface area contributed by atoms with Gasteiger partial charge in [0, 0.05) is 6.04 Å². The Labute approximate surface area is 116 Å². The Morgan fingerprint density at radius 3 is 2.05 bits per heavy atom. The molecule has 2 atom stereocenters. The summed E-state index contributed by atoms with van der Waals surface area (Å²) in [5, 5.41) is 12.6. The highest BCUT2D eigenvalue weighted by molar-refractivity contribution is 5.30. The van der Waals surface area contributed by atoms with Gasteiger partial charge in [-0.25, -0.2) is 0 Å². The summed E-state index contributed by atoms with van der Waals surface area (Å²) in [6.45, 7) is 8.17. The Morgan fingerprint density at radius 2 is 1.68 bits per heavy atom. The summed E-state index contributed by atoms with van der Waals surface area (Å²) in [6.07, 6.45) is 0.175. The molecule has 1 aromatic rings. The van der Waals surface area contributed by atoms with E-state index in [1.807, 2.05) is 45.2 Å². The third-order valence-corrected chi connectivity index (χ3v) is 3.15. The molecule has 0 aliphatic heterocycles. The van der Waals surface area contributed by atoms with Gasteiger partial charge >= 0.3 is 0 Å². The minimum Gasteiger partial charge on any atom is -0.491 e. The minimum atomic E-state index is -0.0399. The van der Waals surface area contributed by atoms with Gasteiger partial charge in [0.05, 0.1) is 18.1 Å². The zero-order valence-electron chi connectivity index (χ0n) is 12.5. The quantitative estimate of drug-likeness (QED) is 0.851. The Bertz CT molecular complexity index is 417. The lowest BCUT2D eigenvalue weighted by Gasteiger charge is -2.25. The van der Waals surface area contributed by atoms with Crippen molar-refractivity contribution in [3.63, 3.8) is 0 Å². The topological polar surface area (TPSA) is 45.0 Å². The van der Waals surface area contributed by atoms with Crippen molar-refractivity contribution in [3.8, 4) is 11.8 Å². The van der Waals surface area contributed by atoms with Gasteiger partial charge in [-0.05, 0) is 44.5 Å². The second-order valence-electron chi connectivity index (χ2n) is 5.40. The van der Waals surface area contributed by atoms with Gasteiger partial charge in [-0.3, -0.25) is 0 Å². The zero-order valence-corrected chi connectivity index (χ0v) is 12.5. The fourth-order valence-electron chi connectivity index (χ4n) is 2.19. The van der Waals surface area contributed by atoms with Crippen LogP contribution in [0.15, 0.2) is 24.3 Å². The molecule has 2 unspecified atom stereocenters. The normalized spacial score (nSPS) is 14.2. The third-order valence-electron chi connectivity index (χ3n) is 3.15. The van der Waals surface area contributed by atoms with Crippen LogP contribution in [0.25, 0.3) is 0 Å². The van der Waals surface area contributed by atoms with Crippen molar-refractivity contribution in [1.82, 2.24) is 5.32 Å². The van der Waals surface area contributed by atoms with Crippen LogP contribution in [-0.2, 0) is 0 Å². The molecule has 1 rings (SSSR count). The lowest BCUT2D eigenvalue weighted by Crippen LogP contribution is -2.27. The largest absolute Gasteiger partial charge is 0.491 e. The number of benzene rings is 1. The maximum Gasteiger partial charge on any atom is 0.119 e. The highest BCUT2D eigenvalue weighted by atomic mass is 16.5. The number of rotatable bonds is 6. The predicted octanol–water partition coefficient (Wildman–Crippen LogP) is 3.53. The van der Waals surface area contributed by atoms with Crippen LogP contribution in [0.3, 0.4) is 0 Å². The van der Waals surface area contributed by atoms with Gasteiger partial charge in [0.2, 0.25) is 0 Å². The lowest BCUT2D eigenvalue weighted by molar-refractivity contribution is 0.242. The van der Waals surface area contributed by atoms with E-state index in [1.165, 1.54) is 0 Å². The van der Waals surface area contributed by atoms with Gasteiger partial charge < -0.3 is 10.1 Å². The maximum atomic E-state index is 9.32. The Morgan fingerprint density at radius 1 is 1.11 bits per heavy atom. The molecule has 104 valence electrons. The summed E-state index contributed by atoms with van der Waals surface area (Å²) in [7, 11) is 1.90. The second kappa shape index (κ2) is 7.16. The molecule has 0 amide bonds. The van der Waals surface area contributed by atoms with Crippen LogP contribution in [0, 0.1) is 23.2 Å². The molecular formula is C16H24N2O. The van der Waals surface area contributed by atoms with E-state index in [2.05, 4.69) is 25.2 Å². The van der Waals surface area contributed by atoms with Crippen LogP contribution in [-0.4, -0.2) is 13.2 Å². The first-order chi connectivity index (χ1) is 8.99. The van der Waals surface area contributed by atoms with E-state index in [-0.39, 0.29) is 18.1 Å². The van der Waals surface area contributed by atoms with Crippen LogP contribution < -0.4 is 10.1 Å². The summed E-state index contributed by atoms with van der Waals surface area (Å²) < 4.78 is 5.63. The molecular weight excluding hydrogens is 236 g/mol. The predicted molar refractivity (Wildman–Crippen MR) is 77.9 cm³/mol. The molecule has 19 heavy (non-hydrogen) atoms. The fraction of sp³-hybridized carbons (Fsp3) is 0.562. The molecule has 1 aromatic carbocycles. The van der Waals surface area contributed by atoms with Gasteiger partial charge in [-0.1, -0.05) is 26.0 Å². The fourth-order valence-corrected chi connectivity index (χ4v) is 2.19. The molecule has 0 heterocycles. The Balaban J connectivity index is 2.91. The van der Waals surface area contributed by atoms with Crippen molar-refractivity contribution in [2.24, 2.45) is 11.8 Å². The van der Waals surface area contributed by atoms with Gasteiger partial charge in [0.1, 0.15) is 5.75 Å². The lowest BCUT2D eigenvalue weighted by atomic mass is 9.86. The highest BCUT2D eigenvalue weighted by Crippen LogP contribution is 2.28. The summed E-state index contributed by atoms with van der Waals surface area (Å²) >= 11 is 0. The summed E-state index contributed by atoms with van der Waals surface area (Å²) in [4.78, 5) is 0. The second-order valence-corrected chi connectivity index (χ2v) is 5.40. The van der Waals surface area contributed by atoms with Crippen molar-refractivity contribution in [3.05, 3.63) is 29.8 Å². The van der Waals surface area contributed by atoms with Crippen LogP contribution in [0.5, 0.6) is 5.75 Å². The number of hydrogen-bond acceptors (Lipinski definition) is 3. The molecule has 1 N–H and O–H groups in total. The molecule has 3 heteroatoms. The number of nitriles is 1. The van der Waals surface area contributed by atoms with Crippen LogP contribution >= 0.6 is 0 Å². The van der Waals surface area contributed by atoms with Gasteiger partial charge in [0.25, 0.3) is 0 Å². The smallest absolute Gasteiger partial charge is 0.119 e. The average Bonchev–Trinajstić information content (AvgIpc) is 2.35. The van der Waals surface area contributed by atoms with E-state index in [1.54, 1.807) is 0 Å². The first-order valence-electron chi connectivity index (χ1n) is 6.83. The van der Waals surface area contributed by atoms with Gasteiger partial charge in [0.15, 0.2) is 0 Å². The molecule has 0 aromatic heterocycles. The van der Waals surface area contributed by atoms with Crippen LogP contribution in [0.4, 0.5) is 0 Å².